The van der Waals surface area contributed by atoms with Crippen molar-refractivity contribution in [3.8, 4) is 6.01 Å². The molecule has 1 aromatic heterocycles. The highest BCUT2D eigenvalue weighted by molar-refractivity contribution is 7.93. The average Bonchev–Trinajstić information content (AvgIpc) is 2.81. The molecule has 7 nitrogen and oxygen atoms in total. The minimum Gasteiger partial charge on any atom is -0.463 e. The third kappa shape index (κ3) is 2.99. The van der Waals surface area contributed by atoms with Crippen LogP contribution < -0.4 is 4.74 Å². The van der Waals surface area contributed by atoms with Gasteiger partial charge in [-0.3, -0.25) is 4.79 Å². The maximum Gasteiger partial charge on any atom is 0.316 e. The molecule has 1 spiro atoms. The molecule has 0 unspecified atom stereocenters. The lowest BCUT2D eigenvalue weighted by atomic mass is 9.83. The molecule has 8 heteroatoms. The van der Waals surface area contributed by atoms with Gasteiger partial charge in [-0.25, -0.2) is 18.4 Å². The van der Waals surface area contributed by atoms with Gasteiger partial charge < -0.3 is 9.64 Å². The predicted molar refractivity (Wildman–Crippen MR) is 88.3 cm³/mol. The zero-order valence-corrected chi connectivity index (χ0v) is 14.7. The van der Waals surface area contributed by atoms with E-state index in [1.165, 1.54) is 0 Å². The van der Waals surface area contributed by atoms with Crippen LogP contribution in [0.3, 0.4) is 0 Å². The molecule has 132 valence electrons. The Bertz CT molecular complexity index is 687. The Morgan fingerprint density at radius 1 is 1.38 bits per heavy atom. The molecule has 2 fully saturated rings. The molecular formula is C16H23N3O4S. The number of ether oxygens (including phenoxy) is 1. The summed E-state index contributed by atoms with van der Waals surface area (Å²) in [6.07, 6.45) is 6.02. The molecule has 3 rings (SSSR count). The Labute approximate surface area is 142 Å². The zero-order valence-electron chi connectivity index (χ0n) is 13.8. The predicted octanol–water partition coefficient (Wildman–Crippen LogP) is 1.06. The van der Waals surface area contributed by atoms with Gasteiger partial charge in [-0.05, 0) is 18.9 Å². The first-order chi connectivity index (χ1) is 11.5. The number of carbonyl (C=O) groups is 1. The summed E-state index contributed by atoms with van der Waals surface area (Å²) in [4.78, 5) is 21.8. The lowest BCUT2D eigenvalue weighted by molar-refractivity contribution is -0.137. The molecule has 0 aromatic carbocycles. The SMILES string of the molecule is CCCCC(=O)N1CC2(C1)[C@H](COc1ncccn1)CCS2(=O)=O. The minimum atomic E-state index is -3.21. The number of rotatable bonds is 6. The molecule has 24 heavy (non-hydrogen) atoms. The second-order valence-corrected chi connectivity index (χ2v) is 9.02. The van der Waals surface area contributed by atoms with Crippen molar-refractivity contribution in [2.45, 2.75) is 37.4 Å². The number of sulfone groups is 1. The summed E-state index contributed by atoms with van der Waals surface area (Å²) in [5, 5.41) is 0. The highest BCUT2D eigenvalue weighted by atomic mass is 32.2. The number of amides is 1. The lowest BCUT2D eigenvalue weighted by Crippen LogP contribution is -2.68. The molecule has 0 aliphatic carbocycles. The smallest absolute Gasteiger partial charge is 0.316 e. The monoisotopic (exact) mass is 353 g/mol. The van der Waals surface area contributed by atoms with Gasteiger partial charge in [0, 0.05) is 37.8 Å². The number of aromatic nitrogens is 2. The Kier molecular flexibility index (Phi) is 4.76. The van der Waals surface area contributed by atoms with Gasteiger partial charge in [0.1, 0.15) is 4.75 Å². The third-order valence-corrected chi connectivity index (χ3v) is 7.67. The maximum atomic E-state index is 12.5. The molecule has 3 heterocycles. The van der Waals surface area contributed by atoms with Crippen molar-refractivity contribution in [3.63, 3.8) is 0 Å². The molecule has 2 saturated heterocycles. The summed E-state index contributed by atoms with van der Waals surface area (Å²) in [6.45, 7) is 2.88. The molecule has 0 saturated carbocycles. The van der Waals surface area contributed by atoms with Crippen molar-refractivity contribution in [3.05, 3.63) is 18.5 Å². The van der Waals surface area contributed by atoms with Crippen LogP contribution in [0.15, 0.2) is 18.5 Å². The van der Waals surface area contributed by atoms with E-state index in [-0.39, 0.29) is 30.2 Å². The van der Waals surface area contributed by atoms with Crippen LogP contribution >= 0.6 is 0 Å². The van der Waals surface area contributed by atoms with E-state index in [2.05, 4.69) is 9.97 Å². The summed E-state index contributed by atoms with van der Waals surface area (Å²) < 4.78 is 29.8. The van der Waals surface area contributed by atoms with Crippen LogP contribution in [0, 0.1) is 5.92 Å². The van der Waals surface area contributed by atoms with Gasteiger partial charge in [0.15, 0.2) is 9.84 Å². The van der Waals surface area contributed by atoms with Crippen LogP contribution in [0.2, 0.25) is 0 Å². The molecule has 0 radical (unpaired) electrons. The standard InChI is InChI=1S/C16H23N3O4S/c1-2-3-5-14(20)19-11-16(12-19)13(6-9-24(16,21)22)10-23-15-17-7-4-8-18-15/h4,7-8,13H,2-3,5-6,9-12H2,1H3/t13-/m0/s1. The molecular weight excluding hydrogens is 330 g/mol. The Morgan fingerprint density at radius 2 is 2.08 bits per heavy atom. The van der Waals surface area contributed by atoms with E-state index in [0.717, 1.165) is 12.8 Å². The first-order valence-corrected chi connectivity index (χ1v) is 10.0. The van der Waals surface area contributed by atoms with Crippen molar-refractivity contribution < 1.29 is 17.9 Å². The van der Waals surface area contributed by atoms with E-state index < -0.39 is 14.6 Å². The van der Waals surface area contributed by atoms with Crippen molar-refractivity contribution in [2.75, 3.05) is 25.4 Å². The number of hydrogen-bond donors (Lipinski definition) is 0. The van der Waals surface area contributed by atoms with Crippen LogP contribution in [0.5, 0.6) is 6.01 Å². The molecule has 1 amide bonds. The second kappa shape index (κ2) is 6.66. The number of hydrogen-bond acceptors (Lipinski definition) is 6. The van der Waals surface area contributed by atoms with E-state index in [9.17, 15) is 13.2 Å². The van der Waals surface area contributed by atoms with Crippen molar-refractivity contribution in [1.82, 2.24) is 14.9 Å². The third-order valence-electron chi connectivity index (χ3n) is 5.07. The van der Waals surface area contributed by atoms with E-state index in [1.54, 1.807) is 23.4 Å². The van der Waals surface area contributed by atoms with Gasteiger partial charge >= 0.3 is 6.01 Å². The van der Waals surface area contributed by atoms with E-state index in [1.807, 2.05) is 6.92 Å². The topological polar surface area (TPSA) is 89.5 Å². The summed E-state index contributed by atoms with van der Waals surface area (Å²) in [5.41, 5.74) is 0. The second-order valence-electron chi connectivity index (χ2n) is 6.56. The van der Waals surface area contributed by atoms with Gasteiger partial charge in [-0.15, -0.1) is 0 Å². The van der Waals surface area contributed by atoms with Crippen LogP contribution in [-0.2, 0) is 14.6 Å². The summed E-state index contributed by atoms with van der Waals surface area (Å²) in [5.74, 6) is 0.0883. The van der Waals surface area contributed by atoms with Gasteiger partial charge in [0.05, 0.1) is 12.4 Å². The highest BCUT2D eigenvalue weighted by Crippen LogP contribution is 2.45. The van der Waals surface area contributed by atoms with E-state index >= 15 is 0 Å². The Balaban J connectivity index is 1.65. The van der Waals surface area contributed by atoms with Gasteiger partial charge in [-0.2, -0.15) is 0 Å². The molecule has 0 N–H and O–H groups in total. The van der Waals surface area contributed by atoms with E-state index in [0.29, 0.717) is 25.9 Å². The van der Waals surface area contributed by atoms with Gasteiger partial charge in [-0.1, -0.05) is 13.3 Å². The van der Waals surface area contributed by atoms with Gasteiger partial charge in [0.25, 0.3) is 0 Å². The zero-order chi connectivity index (χ0) is 17.2. The number of carbonyl (C=O) groups excluding carboxylic acids is 1. The molecule has 0 bridgehead atoms. The minimum absolute atomic E-state index is 0.0515. The first-order valence-electron chi connectivity index (χ1n) is 8.38. The maximum absolute atomic E-state index is 12.5. The highest BCUT2D eigenvalue weighted by Gasteiger charge is 2.62. The van der Waals surface area contributed by atoms with E-state index in [4.69, 9.17) is 4.74 Å². The van der Waals surface area contributed by atoms with Crippen LogP contribution in [-0.4, -0.2) is 59.4 Å². The Morgan fingerprint density at radius 3 is 2.75 bits per heavy atom. The Hall–Kier alpha value is -1.70. The van der Waals surface area contributed by atoms with Crippen molar-refractivity contribution in [1.29, 1.82) is 0 Å². The fourth-order valence-electron chi connectivity index (χ4n) is 3.51. The fourth-order valence-corrected chi connectivity index (χ4v) is 5.91. The number of likely N-dealkylation sites (tertiary alicyclic amines) is 1. The first kappa shape index (κ1) is 17.1. The van der Waals surface area contributed by atoms with Crippen molar-refractivity contribution >= 4 is 15.7 Å². The van der Waals surface area contributed by atoms with Crippen LogP contribution in [0.4, 0.5) is 0 Å². The summed E-state index contributed by atoms with van der Waals surface area (Å²) >= 11 is 0. The lowest BCUT2D eigenvalue weighted by Gasteiger charge is -2.49. The number of unbranched alkanes of at least 4 members (excludes halogenated alkanes) is 1. The average molecular weight is 353 g/mol. The van der Waals surface area contributed by atoms with Gasteiger partial charge in [0.2, 0.25) is 5.91 Å². The quantitative estimate of drug-likeness (QED) is 0.760. The van der Waals surface area contributed by atoms with Crippen LogP contribution in [0.1, 0.15) is 32.6 Å². The largest absolute Gasteiger partial charge is 0.463 e. The van der Waals surface area contributed by atoms with Crippen LogP contribution in [0.25, 0.3) is 0 Å². The molecule has 1 aromatic rings. The summed E-state index contributed by atoms with van der Waals surface area (Å²) in [7, 11) is -3.21. The molecule has 1 atom stereocenters. The normalized spacial score (nSPS) is 23.9. The number of nitrogens with zero attached hydrogens (tertiary/aromatic N) is 3. The van der Waals surface area contributed by atoms with Crippen molar-refractivity contribution in [2.24, 2.45) is 5.92 Å². The molecule has 2 aliphatic rings. The fraction of sp³-hybridized carbons (Fsp3) is 0.688. The summed E-state index contributed by atoms with van der Waals surface area (Å²) in [6, 6.07) is 1.95. The molecule has 2 aliphatic heterocycles.